The molecule has 274 valence electrons. The summed E-state index contributed by atoms with van der Waals surface area (Å²) in [6.07, 6.45) is 0. The largest absolute Gasteiger partial charge is 0.456 e. The van der Waals surface area contributed by atoms with E-state index in [-0.39, 0.29) is 0 Å². The maximum absolute atomic E-state index is 6.79. The maximum Gasteiger partial charge on any atom is 0.139 e. The van der Waals surface area contributed by atoms with Crippen LogP contribution in [-0.4, -0.2) is 0 Å². The van der Waals surface area contributed by atoms with E-state index in [0.717, 1.165) is 56.1 Å². The highest BCUT2D eigenvalue weighted by molar-refractivity contribution is 7.25. The Kier molecular flexibility index (Phi) is 8.34. The Balaban J connectivity index is 1.16. The SMILES string of the molecule is c1ccc(-c2ccc(N(c3ccccc3)c3cc(N(c4ccc(-c5ccccc5)cc4)c4ccc5c(c4)sc4ccccc45)c4c(c3)oc3ccccc34)cc2)cc1. The lowest BCUT2D eigenvalue weighted by atomic mass is 10.0. The molecule has 0 radical (unpaired) electrons. The van der Waals surface area contributed by atoms with Crippen molar-refractivity contribution in [2.75, 3.05) is 9.80 Å². The summed E-state index contributed by atoms with van der Waals surface area (Å²) in [5, 5.41) is 4.70. The molecule has 0 aliphatic carbocycles. The Morgan fingerprint density at radius 2 is 0.810 bits per heavy atom. The van der Waals surface area contributed by atoms with Gasteiger partial charge in [-0.2, -0.15) is 0 Å². The minimum atomic E-state index is 0.824. The van der Waals surface area contributed by atoms with Gasteiger partial charge in [-0.1, -0.05) is 146 Å². The van der Waals surface area contributed by atoms with Crippen LogP contribution in [0.1, 0.15) is 0 Å². The molecular formula is C54H36N2OS. The summed E-state index contributed by atoms with van der Waals surface area (Å²) in [6.45, 7) is 0. The van der Waals surface area contributed by atoms with Gasteiger partial charge >= 0.3 is 0 Å². The number of benzene rings is 9. The van der Waals surface area contributed by atoms with E-state index in [1.807, 2.05) is 17.4 Å². The summed E-state index contributed by atoms with van der Waals surface area (Å²) in [4.78, 5) is 4.74. The molecule has 0 aliphatic rings. The predicted molar refractivity (Wildman–Crippen MR) is 247 cm³/mol. The van der Waals surface area contributed by atoms with Gasteiger partial charge in [-0.15, -0.1) is 11.3 Å². The monoisotopic (exact) mass is 760 g/mol. The third-order valence-corrected chi connectivity index (χ3v) is 12.2. The fraction of sp³-hybridized carbons (Fsp3) is 0. The molecule has 0 fully saturated rings. The van der Waals surface area contributed by atoms with Gasteiger partial charge in [0.05, 0.1) is 16.8 Å². The zero-order valence-corrected chi connectivity index (χ0v) is 32.3. The second kappa shape index (κ2) is 14.3. The number of nitrogens with zero attached hydrogens (tertiary/aromatic N) is 2. The van der Waals surface area contributed by atoms with Crippen molar-refractivity contribution in [1.29, 1.82) is 0 Å². The van der Waals surface area contributed by atoms with E-state index in [1.54, 1.807) is 0 Å². The molecule has 2 aromatic heterocycles. The van der Waals surface area contributed by atoms with Crippen LogP contribution >= 0.6 is 11.3 Å². The van der Waals surface area contributed by atoms with Crippen LogP contribution in [0.15, 0.2) is 223 Å². The van der Waals surface area contributed by atoms with Crippen LogP contribution < -0.4 is 9.80 Å². The summed E-state index contributed by atoms with van der Waals surface area (Å²) in [7, 11) is 0. The van der Waals surface area contributed by atoms with Crippen molar-refractivity contribution in [2.24, 2.45) is 0 Å². The molecule has 58 heavy (non-hydrogen) atoms. The van der Waals surface area contributed by atoms with Crippen molar-refractivity contribution in [3.63, 3.8) is 0 Å². The first-order chi connectivity index (χ1) is 28.7. The first-order valence-electron chi connectivity index (χ1n) is 19.6. The molecule has 0 aliphatic heterocycles. The average molecular weight is 761 g/mol. The van der Waals surface area contributed by atoms with Crippen LogP contribution in [-0.2, 0) is 0 Å². The van der Waals surface area contributed by atoms with E-state index in [9.17, 15) is 0 Å². The highest BCUT2D eigenvalue weighted by Gasteiger charge is 2.24. The molecule has 2 heterocycles. The fourth-order valence-electron chi connectivity index (χ4n) is 8.30. The van der Waals surface area contributed by atoms with Crippen LogP contribution in [0.2, 0.25) is 0 Å². The van der Waals surface area contributed by atoms with Gasteiger partial charge in [0.25, 0.3) is 0 Å². The molecule has 4 heteroatoms. The molecule has 0 unspecified atom stereocenters. The van der Waals surface area contributed by atoms with Crippen molar-refractivity contribution < 1.29 is 4.42 Å². The number of para-hydroxylation sites is 2. The second-order valence-electron chi connectivity index (χ2n) is 14.5. The molecule has 11 aromatic rings. The average Bonchev–Trinajstić information content (AvgIpc) is 3.86. The van der Waals surface area contributed by atoms with Crippen molar-refractivity contribution in [2.45, 2.75) is 0 Å². The quantitative estimate of drug-likeness (QED) is 0.154. The molecule has 11 rings (SSSR count). The van der Waals surface area contributed by atoms with Gasteiger partial charge < -0.3 is 14.2 Å². The molecule has 0 saturated carbocycles. The van der Waals surface area contributed by atoms with Crippen molar-refractivity contribution in [3.8, 4) is 22.3 Å². The van der Waals surface area contributed by atoms with Crippen LogP contribution in [0, 0.1) is 0 Å². The van der Waals surface area contributed by atoms with Gasteiger partial charge in [0, 0.05) is 54.4 Å². The number of hydrogen-bond acceptors (Lipinski definition) is 4. The molecule has 0 amide bonds. The first kappa shape index (κ1) is 33.9. The topological polar surface area (TPSA) is 19.6 Å². The Hall–Kier alpha value is -7.40. The van der Waals surface area contributed by atoms with E-state index in [4.69, 9.17) is 4.42 Å². The summed E-state index contributed by atoms with van der Waals surface area (Å²) < 4.78 is 9.33. The summed E-state index contributed by atoms with van der Waals surface area (Å²) in [5.41, 5.74) is 12.7. The van der Waals surface area contributed by atoms with Crippen molar-refractivity contribution >= 4 is 87.6 Å². The van der Waals surface area contributed by atoms with Crippen LogP contribution in [0.3, 0.4) is 0 Å². The minimum absolute atomic E-state index is 0.824. The van der Waals surface area contributed by atoms with Crippen molar-refractivity contribution in [3.05, 3.63) is 218 Å². The highest BCUT2D eigenvalue weighted by Crippen LogP contribution is 2.49. The molecule has 0 bridgehead atoms. The third-order valence-electron chi connectivity index (χ3n) is 11.0. The Labute approximate surface area is 340 Å². The van der Waals surface area contributed by atoms with E-state index >= 15 is 0 Å². The van der Waals surface area contributed by atoms with Crippen molar-refractivity contribution in [1.82, 2.24) is 0 Å². The predicted octanol–water partition coefficient (Wildman–Crippen LogP) is 16.2. The van der Waals surface area contributed by atoms with E-state index < -0.39 is 0 Å². The molecule has 3 nitrogen and oxygen atoms in total. The molecule has 0 atom stereocenters. The highest BCUT2D eigenvalue weighted by atomic mass is 32.1. The lowest BCUT2D eigenvalue weighted by Gasteiger charge is -2.30. The Bertz CT molecular complexity index is 3210. The minimum Gasteiger partial charge on any atom is -0.456 e. The fourth-order valence-corrected chi connectivity index (χ4v) is 9.44. The second-order valence-corrected chi connectivity index (χ2v) is 15.6. The molecule has 9 aromatic carbocycles. The zero-order valence-electron chi connectivity index (χ0n) is 31.5. The third kappa shape index (κ3) is 5.99. The normalized spacial score (nSPS) is 11.4. The smallest absolute Gasteiger partial charge is 0.139 e. The van der Waals surface area contributed by atoms with Crippen LogP contribution in [0.25, 0.3) is 64.4 Å². The van der Waals surface area contributed by atoms with E-state index in [2.05, 4.69) is 222 Å². The summed E-state index contributed by atoms with van der Waals surface area (Å²) in [5.74, 6) is 0. The van der Waals surface area contributed by atoms with Crippen LogP contribution in [0.5, 0.6) is 0 Å². The summed E-state index contributed by atoms with van der Waals surface area (Å²) >= 11 is 1.84. The zero-order chi connectivity index (χ0) is 38.4. The Morgan fingerprint density at radius 3 is 1.48 bits per heavy atom. The number of rotatable bonds is 8. The first-order valence-corrected chi connectivity index (χ1v) is 20.4. The standard InChI is InChI=1S/C54H36N2OS/c1-4-14-37(15-5-1)39-24-28-42(29-25-39)55(41-18-8-3-9-19-41)45-34-49(54-48-21-10-12-22-50(48)57-51(54)35-45)56(43-30-26-40(27-31-43)38-16-6-2-7-17-38)44-32-33-47-46-20-11-13-23-52(46)58-53(47)36-44/h1-36H. The number of furan rings is 1. The van der Waals surface area contributed by atoms with Gasteiger partial charge in [-0.25, -0.2) is 0 Å². The van der Waals surface area contributed by atoms with Gasteiger partial charge in [-0.3, -0.25) is 0 Å². The molecule has 0 spiro atoms. The maximum atomic E-state index is 6.79. The number of hydrogen-bond donors (Lipinski definition) is 0. The lowest BCUT2D eigenvalue weighted by molar-refractivity contribution is 0.669. The van der Waals surface area contributed by atoms with Crippen LogP contribution in [0.4, 0.5) is 34.1 Å². The molecule has 0 saturated heterocycles. The summed E-state index contributed by atoms with van der Waals surface area (Å²) in [6, 6.07) is 78.1. The van der Waals surface area contributed by atoms with Gasteiger partial charge in [-0.05, 0) is 89.0 Å². The van der Waals surface area contributed by atoms with Gasteiger partial charge in [0.15, 0.2) is 0 Å². The van der Waals surface area contributed by atoms with E-state index in [0.29, 0.717) is 0 Å². The number of anilines is 6. The van der Waals surface area contributed by atoms with Gasteiger partial charge in [0.1, 0.15) is 11.2 Å². The van der Waals surface area contributed by atoms with E-state index in [1.165, 1.54) is 42.4 Å². The number of thiophene rings is 1. The number of fused-ring (bicyclic) bond motifs is 6. The molecular weight excluding hydrogens is 725 g/mol. The lowest BCUT2D eigenvalue weighted by Crippen LogP contribution is -2.13. The van der Waals surface area contributed by atoms with Gasteiger partial charge in [0.2, 0.25) is 0 Å². The molecule has 0 N–H and O–H groups in total. The Morgan fingerprint density at radius 1 is 0.310 bits per heavy atom.